The summed E-state index contributed by atoms with van der Waals surface area (Å²) < 4.78 is 34.7. The number of carbonyl (C=O) groups excluding carboxylic acids is 1. The molecule has 6 nitrogen and oxygen atoms in total. The molecule has 0 aromatic heterocycles. The number of hydroxylamine groups is 1. The van der Waals surface area contributed by atoms with Gasteiger partial charge in [0.15, 0.2) is 0 Å². The van der Waals surface area contributed by atoms with Crippen molar-refractivity contribution in [2.75, 3.05) is 12.0 Å². The molecule has 20 heavy (non-hydrogen) atoms. The molecule has 1 aromatic carbocycles. The number of sulfone groups is 1. The lowest BCUT2D eigenvalue weighted by atomic mass is 10.2. The molecule has 0 radical (unpaired) electrons. The van der Waals surface area contributed by atoms with Gasteiger partial charge in [-0.05, 0) is 24.6 Å². The Labute approximate surface area is 117 Å². The minimum absolute atomic E-state index is 0.0775. The lowest BCUT2D eigenvalue weighted by Gasteiger charge is -2.13. The topological polar surface area (TPSA) is 84.5 Å². The van der Waals surface area contributed by atoms with Gasteiger partial charge in [-0.2, -0.15) is 0 Å². The van der Waals surface area contributed by atoms with Gasteiger partial charge in [-0.25, -0.2) is 23.1 Å². The van der Waals surface area contributed by atoms with Crippen molar-refractivity contribution in [3.05, 3.63) is 35.6 Å². The van der Waals surface area contributed by atoms with Crippen molar-refractivity contribution in [3.63, 3.8) is 0 Å². The Morgan fingerprint density at radius 1 is 1.35 bits per heavy atom. The largest absolute Gasteiger partial charge is 0.338 e. The molecule has 0 aliphatic heterocycles. The van der Waals surface area contributed by atoms with Crippen LogP contribution in [0.25, 0.3) is 0 Å². The smallest absolute Gasteiger partial charge is 0.333 e. The second kappa shape index (κ2) is 7.20. The number of benzene rings is 1. The highest BCUT2D eigenvalue weighted by atomic mass is 32.2. The zero-order chi connectivity index (χ0) is 15.2. The van der Waals surface area contributed by atoms with Crippen LogP contribution in [0.2, 0.25) is 0 Å². The summed E-state index contributed by atoms with van der Waals surface area (Å²) in [6.07, 6.45) is 1.09. The average molecular weight is 304 g/mol. The van der Waals surface area contributed by atoms with Gasteiger partial charge in [-0.1, -0.05) is 12.1 Å². The number of nitrogens with one attached hydrogen (secondary N) is 2. The standard InChI is InChI=1S/C12H17FN2O4S/c1-9(8-20(2,17)18)14-12(16)15-19-7-10-3-5-11(13)6-4-10/h3-6,9H,7-8H2,1-2H3,(H2,14,15,16). The number of carbonyl (C=O) groups is 1. The van der Waals surface area contributed by atoms with Crippen molar-refractivity contribution in [1.82, 2.24) is 10.8 Å². The minimum Gasteiger partial charge on any atom is -0.333 e. The third-order valence-electron chi connectivity index (χ3n) is 2.25. The average Bonchev–Trinajstić information content (AvgIpc) is 2.29. The molecule has 2 amide bonds. The molecule has 0 fully saturated rings. The molecule has 0 spiro atoms. The molecular formula is C12H17FN2O4S. The third-order valence-corrected chi connectivity index (χ3v) is 3.35. The molecule has 1 rings (SSSR count). The molecule has 112 valence electrons. The predicted molar refractivity (Wildman–Crippen MR) is 72.0 cm³/mol. The van der Waals surface area contributed by atoms with Gasteiger partial charge in [0, 0.05) is 12.3 Å². The van der Waals surface area contributed by atoms with Crippen LogP contribution < -0.4 is 10.8 Å². The molecule has 0 saturated heterocycles. The highest BCUT2D eigenvalue weighted by Crippen LogP contribution is 2.03. The Morgan fingerprint density at radius 2 is 1.95 bits per heavy atom. The van der Waals surface area contributed by atoms with Crippen molar-refractivity contribution < 1.29 is 22.4 Å². The lowest BCUT2D eigenvalue weighted by Crippen LogP contribution is -2.43. The lowest BCUT2D eigenvalue weighted by molar-refractivity contribution is 0.0485. The summed E-state index contributed by atoms with van der Waals surface area (Å²) in [5.74, 6) is -0.507. The van der Waals surface area contributed by atoms with E-state index in [0.717, 1.165) is 6.26 Å². The number of hydrogen-bond donors (Lipinski definition) is 2. The van der Waals surface area contributed by atoms with Crippen molar-refractivity contribution in [2.45, 2.75) is 19.6 Å². The van der Waals surface area contributed by atoms with Crippen molar-refractivity contribution >= 4 is 15.9 Å². The molecule has 0 aliphatic carbocycles. The highest BCUT2D eigenvalue weighted by molar-refractivity contribution is 7.90. The summed E-state index contributed by atoms with van der Waals surface area (Å²) in [4.78, 5) is 16.3. The van der Waals surface area contributed by atoms with Gasteiger partial charge in [-0.3, -0.25) is 4.84 Å². The van der Waals surface area contributed by atoms with E-state index >= 15 is 0 Å². The van der Waals surface area contributed by atoms with E-state index in [1.807, 2.05) is 0 Å². The Morgan fingerprint density at radius 3 is 2.50 bits per heavy atom. The number of urea groups is 1. The quantitative estimate of drug-likeness (QED) is 0.768. The number of rotatable bonds is 6. The van der Waals surface area contributed by atoms with Crippen LogP contribution in [-0.4, -0.2) is 32.5 Å². The summed E-state index contributed by atoms with van der Waals surface area (Å²) in [7, 11) is -3.16. The van der Waals surface area contributed by atoms with Crippen molar-refractivity contribution in [1.29, 1.82) is 0 Å². The summed E-state index contributed by atoms with van der Waals surface area (Å²) >= 11 is 0. The van der Waals surface area contributed by atoms with Gasteiger partial charge in [-0.15, -0.1) is 0 Å². The molecular weight excluding hydrogens is 287 g/mol. The Balaban J connectivity index is 2.28. The molecule has 1 aromatic rings. The Kier molecular flexibility index (Phi) is 5.90. The maximum absolute atomic E-state index is 12.6. The van der Waals surface area contributed by atoms with E-state index in [1.54, 1.807) is 6.92 Å². The number of amides is 2. The minimum atomic E-state index is -3.16. The predicted octanol–water partition coefficient (Wildman–Crippen LogP) is 0.990. The normalized spacial score (nSPS) is 12.8. The molecule has 1 unspecified atom stereocenters. The zero-order valence-electron chi connectivity index (χ0n) is 11.2. The first-order valence-corrected chi connectivity index (χ1v) is 7.93. The van der Waals surface area contributed by atoms with Gasteiger partial charge in [0.1, 0.15) is 15.7 Å². The third kappa shape index (κ3) is 7.05. The van der Waals surface area contributed by atoms with E-state index in [4.69, 9.17) is 4.84 Å². The van der Waals surface area contributed by atoms with Gasteiger partial charge in [0.2, 0.25) is 0 Å². The van der Waals surface area contributed by atoms with E-state index in [1.165, 1.54) is 24.3 Å². The second-order valence-electron chi connectivity index (χ2n) is 4.48. The van der Waals surface area contributed by atoms with Crippen LogP contribution in [0.3, 0.4) is 0 Å². The maximum Gasteiger partial charge on any atom is 0.338 e. The van der Waals surface area contributed by atoms with Gasteiger partial charge >= 0.3 is 6.03 Å². The zero-order valence-corrected chi connectivity index (χ0v) is 12.0. The first-order chi connectivity index (χ1) is 9.26. The van der Waals surface area contributed by atoms with Crippen LogP contribution in [-0.2, 0) is 21.3 Å². The number of hydrogen-bond acceptors (Lipinski definition) is 4. The van der Waals surface area contributed by atoms with E-state index in [2.05, 4.69) is 10.8 Å². The Hall–Kier alpha value is -1.67. The fourth-order valence-corrected chi connectivity index (χ4v) is 2.51. The van der Waals surface area contributed by atoms with Crippen LogP contribution in [0.1, 0.15) is 12.5 Å². The van der Waals surface area contributed by atoms with Crippen molar-refractivity contribution in [2.24, 2.45) is 0 Å². The highest BCUT2D eigenvalue weighted by Gasteiger charge is 2.12. The number of halogens is 1. The van der Waals surface area contributed by atoms with E-state index in [0.29, 0.717) is 5.56 Å². The van der Waals surface area contributed by atoms with E-state index < -0.39 is 21.9 Å². The molecule has 0 saturated carbocycles. The van der Waals surface area contributed by atoms with Crippen LogP contribution in [0.5, 0.6) is 0 Å². The summed E-state index contributed by atoms with van der Waals surface area (Å²) in [6, 6.07) is 4.46. The van der Waals surface area contributed by atoms with Crippen LogP contribution in [0, 0.1) is 5.82 Å². The monoisotopic (exact) mass is 304 g/mol. The van der Waals surface area contributed by atoms with Crippen LogP contribution in [0.4, 0.5) is 9.18 Å². The summed E-state index contributed by atoms with van der Waals surface area (Å²) in [5.41, 5.74) is 2.81. The fraction of sp³-hybridized carbons (Fsp3) is 0.417. The van der Waals surface area contributed by atoms with Crippen LogP contribution >= 0.6 is 0 Å². The summed E-state index contributed by atoms with van der Waals surface area (Å²) in [5, 5.41) is 2.42. The molecule has 1 atom stereocenters. The molecule has 0 bridgehead atoms. The van der Waals surface area contributed by atoms with E-state index in [9.17, 15) is 17.6 Å². The Bertz CT molecular complexity index is 545. The van der Waals surface area contributed by atoms with Gasteiger partial charge in [0.25, 0.3) is 0 Å². The first-order valence-electron chi connectivity index (χ1n) is 5.87. The molecule has 8 heteroatoms. The summed E-state index contributed by atoms with van der Waals surface area (Å²) in [6.45, 7) is 1.65. The molecule has 2 N–H and O–H groups in total. The fourth-order valence-electron chi connectivity index (χ4n) is 1.51. The first kappa shape index (κ1) is 16.4. The van der Waals surface area contributed by atoms with Gasteiger partial charge in [0.05, 0.1) is 12.4 Å². The van der Waals surface area contributed by atoms with Gasteiger partial charge < -0.3 is 5.32 Å². The van der Waals surface area contributed by atoms with E-state index in [-0.39, 0.29) is 18.2 Å². The SMILES string of the molecule is CC(CS(C)(=O)=O)NC(=O)NOCc1ccc(F)cc1. The van der Waals surface area contributed by atoms with Crippen LogP contribution in [0.15, 0.2) is 24.3 Å². The second-order valence-corrected chi connectivity index (χ2v) is 6.67. The maximum atomic E-state index is 12.6. The molecule has 0 heterocycles. The molecule has 0 aliphatic rings. The van der Waals surface area contributed by atoms with Crippen molar-refractivity contribution in [3.8, 4) is 0 Å².